The fourth-order valence-electron chi connectivity index (χ4n) is 4.37. The Morgan fingerprint density at radius 1 is 0.588 bits per heavy atom. The van der Waals surface area contributed by atoms with E-state index in [1.54, 1.807) is 0 Å². The molecule has 5 rings (SSSR count). The summed E-state index contributed by atoms with van der Waals surface area (Å²) >= 11 is 0. The van der Waals surface area contributed by atoms with Gasteiger partial charge in [0.15, 0.2) is 0 Å². The zero-order chi connectivity index (χ0) is 23.3. The summed E-state index contributed by atoms with van der Waals surface area (Å²) in [5.41, 5.74) is 0. The van der Waals surface area contributed by atoms with E-state index in [0.717, 1.165) is 26.8 Å². The lowest BCUT2D eigenvalue weighted by Crippen LogP contribution is -2.77. The van der Waals surface area contributed by atoms with Crippen molar-refractivity contribution >= 4 is 57.2 Å². The summed E-state index contributed by atoms with van der Waals surface area (Å²) in [5.74, 6) is 0. The van der Waals surface area contributed by atoms with Crippen LogP contribution in [0, 0.1) is 0 Å². The average molecular weight is 517 g/mol. The van der Waals surface area contributed by atoms with Gasteiger partial charge in [0.2, 0.25) is 0 Å². The van der Waals surface area contributed by atoms with E-state index in [1.165, 1.54) is 0 Å². The minimum Gasteiger partial charge on any atom is -0.422 e. The molecule has 0 aliphatic carbocycles. The monoisotopic (exact) mass is 516 g/mol. The molecule has 1 aliphatic heterocycles. The van der Waals surface area contributed by atoms with Crippen molar-refractivity contribution < 1.29 is 16.5 Å². The lowest BCUT2D eigenvalue weighted by atomic mass is 10.4. The molecule has 4 aromatic rings. The first kappa shape index (κ1) is 23.3. The van der Waals surface area contributed by atoms with Gasteiger partial charge in [0.05, 0.1) is 0 Å². The molecule has 0 bridgehead atoms. The molecular weight excluding hydrogens is 489 g/mol. The Morgan fingerprint density at radius 3 is 1.35 bits per heavy atom. The van der Waals surface area contributed by atoms with Gasteiger partial charge in [0.1, 0.15) is 0 Å². The van der Waals surface area contributed by atoms with E-state index < -0.39 is 36.4 Å². The van der Waals surface area contributed by atoms with Gasteiger partial charge >= 0.3 is 26.4 Å². The lowest BCUT2D eigenvalue weighted by Gasteiger charge is -2.45. The molecule has 34 heavy (non-hydrogen) atoms. The highest BCUT2D eigenvalue weighted by Gasteiger charge is 2.56. The van der Waals surface area contributed by atoms with E-state index in [9.17, 15) is 0 Å². The van der Waals surface area contributed by atoms with Crippen LogP contribution < -0.4 is 20.7 Å². The molecule has 0 aromatic heterocycles. The quantitative estimate of drug-likeness (QED) is 0.379. The summed E-state index contributed by atoms with van der Waals surface area (Å²) in [6, 6.07) is 42.5. The summed E-state index contributed by atoms with van der Waals surface area (Å²) < 4.78 is 28.0. The first-order chi connectivity index (χ1) is 16.8. The molecule has 0 amide bonds. The van der Waals surface area contributed by atoms with Crippen molar-refractivity contribution in [3.8, 4) is 0 Å². The van der Waals surface area contributed by atoms with Crippen LogP contribution in [0.1, 0.15) is 6.92 Å². The van der Waals surface area contributed by atoms with Crippen molar-refractivity contribution in [2.75, 3.05) is 0 Å². The smallest absolute Gasteiger partial charge is 0.389 e. The van der Waals surface area contributed by atoms with E-state index >= 15 is 0 Å². The van der Waals surface area contributed by atoms with Gasteiger partial charge < -0.3 is 16.5 Å². The Morgan fingerprint density at radius 2 is 0.971 bits per heavy atom. The molecular formula is C26H28O4Si4. The maximum absolute atomic E-state index is 7.57. The van der Waals surface area contributed by atoms with Crippen LogP contribution >= 0.6 is 0 Å². The second-order valence-electron chi connectivity index (χ2n) is 8.18. The van der Waals surface area contributed by atoms with E-state index in [0.29, 0.717) is 0 Å². The highest BCUT2D eigenvalue weighted by Crippen LogP contribution is 2.23. The minimum atomic E-state index is -3.21. The van der Waals surface area contributed by atoms with Crippen molar-refractivity contribution in [1.29, 1.82) is 0 Å². The zero-order valence-electron chi connectivity index (χ0n) is 19.2. The molecule has 0 spiro atoms. The fourth-order valence-corrected chi connectivity index (χ4v) is 21.0. The summed E-state index contributed by atoms with van der Waals surface area (Å²) in [4.78, 5) is 0. The number of hydrogen-bond donors (Lipinski definition) is 0. The summed E-state index contributed by atoms with van der Waals surface area (Å²) in [7, 11) is -9.68. The van der Waals surface area contributed by atoms with Crippen LogP contribution in [0.5, 0.6) is 0 Å². The van der Waals surface area contributed by atoms with Gasteiger partial charge in [-0.2, -0.15) is 0 Å². The lowest BCUT2D eigenvalue weighted by molar-refractivity contribution is 0.289. The number of hydrogen-bond acceptors (Lipinski definition) is 4. The second-order valence-corrected chi connectivity index (χ2v) is 19.1. The van der Waals surface area contributed by atoms with Crippen molar-refractivity contribution in [3.63, 3.8) is 0 Å². The largest absolute Gasteiger partial charge is 0.422 e. The van der Waals surface area contributed by atoms with Crippen LogP contribution in [-0.4, -0.2) is 36.4 Å². The molecule has 1 saturated heterocycles. The summed E-state index contributed by atoms with van der Waals surface area (Å²) in [6.07, 6.45) is 0. The van der Waals surface area contributed by atoms with Gasteiger partial charge in [0, 0.05) is 0 Å². The third kappa shape index (κ3) is 4.47. The highest BCUT2D eigenvalue weighted by molar-refractivity contribution is 7.07. The van der Waals surface area contributed by atoms with Gasteiger partial charge in [-0.25, -0.2) is 0 Å². The predicted octanol–water partition coefficient (Wildman–Crippen LogP) is 1.82. The zero-order valence-corrected chi connectivity index (χ0v) is 23.7. The summed E-state index contributed by atoms with van der Waals surface area (Å²) in [5, 5.41) is 4.29. The maximum Gasteiger partial charge on any atom is 0.389 e. The minimum absolute atomic E-state index is 0.860. The molecule has 1 atom stereocenters. The topological polar surface area (TPSA) is 36.9 Å². The van der Waals surface area contributed by atoms with Crippen molar-refractivity contribution in [2.45, 2.75) is 13.0 Å². The third-order valence-corrected chi connectivity index (χ3v) is 19.9. The molecule has 0 N–H and O–H groups in total. The van der Waals surface area contributed by atoms with Crippen LogP contribution in [0.25, 0.3) is 0 Å². The van der Waals surface area contributed by atoms with Crippen LogP contribution in [0.2, 0.25) is 6.04 Å². The van der Waals surface area contributed by atoms with Gasteiger partial charge in [-0.15, -0.1) is 0 Å². The fraction of sp³-hybridized carbons (Fsp3) is 0.0769. The van der Waals surface area contributed by atoms with Crippen LogP contribution in [0.3, 0.4) is 0 Å². The Kier molecular flexibility index (Phi) is 7.18. The van der Waals surface area contributed by atoms with Crippen LogP contribution in [-0.2, 0) is 16.5 Å². The molecule has 4 nitrogen and oxygen atoms in total. The van der Waals surface area contributed by atoms with Crippen LogP contribution in [0.4, 0.5) is 0 Å². The van der Waals surface area contributed by atoms with Gasteiger partial charge in [-0.05, 0) is 26.8 Å². The van der Waals surface area contributed by atoms with E-state index in [-0.39, 0.29) is 0 Å². The Labute approximate surface area is 207 Å². The first-order valence-electron chi connectivity index (χ1n) is 11.6. The first-order valence-corrected chi connectivity index (χ1v) is 18.2. The summed E-state index contributed by atoms with van der Waals surface area (Å²) in [6.45, 7) is 2.14. The van der Waals surface area contributed by atoms with E-state index in [4.69, 9.17) is 16.5 Å². The SMILES string of the molecule is CC[SiH]1O[SiH2]O[Si](c2ccccc2)(c2ccccc2)O[Si](c2ccccc2)(c2ccccc2)O1. The third-order valence-electron chi connectivity index (χ3n) is 6.05. The van der Waals surface area contributed by atoms with E-state index in [2.05, 4.69) is 104 Å². The Balaban J connectivity index is 1.80. The van der Waals surface area contributed by atoms with Crippen LogP contribution in [0.15, 0.2) is 121 Å². The van der Waals surface area contributed by atoms with Crippen molar-refractivity contribution in [1.82, 2.24) is 0 Å². The predicted molar refractivity (Wildman–Crippen MR) is 146 cm³/mol. The Hall–Kier alpha value is -2.41. The molecule has 1 unspecified atom stereocenters. The van der Waals surface area contributed by atoms with Gasteiger partial charge in [-0.3, -0.25) is 0 Å². The number of rotatable bonds is 5. The number of benzene rings is 4. The standard InChI is InChI=1S/C26H28O4Si4/c1-2-32-27-31-28-33(23-15-7-3-8-16-23,24-17-9-4-10-18-24)30-34(29-32,25-19-11-5-12-20-25)26-21-13-6-14-22-26/h3-22,32H,2,31H2,1H3. The maximum atomic E-state index is 7.57. The molecule has 1 fully saturated rings. The molecule has 0 saturated carbocycles. The van der Waals surface area contributed by atoms with Crippen molar-refractivity contribution in [3.05, 3.63) is 121 Å². The average Bonchev–Trinajstić information content (AvgIpc) is 2.91. The molecule has 172 valence electrons. The molecule has 1 heterocycles. The molecule has 4 aromatic carbocycles. The molecule has 1 aliphatic rings. The highest BCUT2D eigenvalue weighted by atomic mass is 28.5. The van der Waals surface area contributed by atoms with Crippen molar-refractivity contribution in [2.24, 2.45) is 0 Å². The van der Waals surface area contributed by atoms with Gasteiger partial charge in [0.25, 0.3) is 10.0 Å². The normalized spacial score (nSPS) is 20.3. The molecule has 8 heteroatoms. The van der Waals surface area contributed by atoms with Gasteiger partial charge in [-0.1, -0.05) is 128 Å². The van der Waals surface area contributed by atoms with E-state index in [1.807, 2.05) is 24.3 Å². The Bertz CT molecular complexity index is 1100. The second kappa shape index (κ2) is 10.5. The molecule has 0 radical (unpaired) electrons.